The van der Waals surface area contributed by atoms with Gasteiger partial charge in [-0.25, -0.2) is 0 Å². The van der Waals surface area contributed by atoms with Gasteiger partial charge >= 0.3 is 0 Å². The Hall–Kier alpha value is -2.40. The van der Waals surface area contributed by atoms with Gasteiger partial charge in [-0.2, -0.15) is 0 Å². The van der Waals surface area contributed by atoms with Gasteiger partial charge in [-0.1, -0.05) is 18.2 Å². The summed E-state index contributed by atoms with van der Waals surface area (Å²) in [5, 5.41) is 3.12. The van der Waals surface area contributed by atoms with E-state index in [2.05, 4.69) is 10.3 Å². The number of aryl methyl sites for hydroxylation is 1. The van der Waals surface area contributed by atoms with Crippen molar-refractivity contribution in [3.05, 3.63) is 59.4 Å². The summed E-state index contributed by atoms with van der Waals surface area (Å²) in [6, 6.07) is 9.72. The summed E-state index contributed by atoms with van der Waals surface area (Å²) in [6.45, 7) is 4.59. The van der Waals surface area contributed by atoms with E-state index in [0.717, 1.165) is 28.9 Å². The fourth-order valence-electron chi connectivity index (χ4n) is 3.31. The number of hydrogen-bond acceptors (Lipinski definition) is 4. The number of hydrogen-bond donors (Lipinski definition) is 1. The largest absolute Gasteiger partial charge is 0.496 e. The summed E-state index contributed by atoms with van der Waals surface area (Å²) < 4.78 is 11.1. The average Bonchev–Trinajstić information content (AvgIpc) is 3.12. The molecule has 5 heteroatoms. The van der Waals surface area contributed by atoms with Gasteiger partial charge in [0, 0.05) is 19.0 Å². The van der Waals surface area contributed by atoms with Crippen molar-refractivity contribution in [2.45, 2.75) is 32.4 Å². The van der Waals surface area contributed by atoms with Crippen LogP contribution in [0.25, 0.3) is 0 Å². The van der Waals surface area contributed by atoms with Gasteiger partial charge in [0.15, 0.2) is 0 Å². The fourth-order valence-corrected chi connectivity index (χ4v) is 3.31. The lowest BCUT2D eigenvalue weighted by atomic mass is 9.94. The minimum atomic E-state index is -0.224. The quantitative estimate of drug-likeness (QED) is 0.907. The standard InChI is InChI=1S/C20H24N2O3/c1-13-11-15(6-7-18(13)24-3)14(2)22-20(23)17-8-10-25-19(17)16-5-4-9-21-12-16/h4-7,9,11-12,14,17,19H,8,10H2,1-3H3,(H,22,23)/t14-,17+,19-/m1/s1. The number of rotatable bonds is 5. The second-order valence-corrected chi connectivity index (χ2v) is 6.43. The molecule has 0 spiro atoms. The number of amides is 1. The Kier molecular flexibility index (Phi) is 5.34. The van der Waals surface area contributed by atoms with Gasteiger partial charge in [-0.05, 0) is 49.1 Å². The lowest BCUT2D eigenvalue weighted by Gasteiger charge is -2.22. The van der Waals surface area contributed by atoms with Gasteiger partial charge in [0.2, 0.25) is 5.91 Å². The molecular weight excluding hydrogens is 316 g/mol. The molecule has 0 radical (unpaired) electrons. The second-order valence-electron chi connectivity index (χ2n) is 6.43. The maximum Gasteiger partial charge on any atom is 0.226 e. The number of pyridine rings is 1. The molecule has 3 atom stereocenters. The van der Waals surface area contributed by atoms with E-state index in [4.69, 9.17) is 9.47 Å². The van der Waals surface area contributed by atoms with E-state index in [1.165, 1.54) is 0 Å². The highest BCUT2D eigenvalue weighted by molar-refractivity contribution is 5.80. The number of ether oxygens (including phenoxy) is 2. The molecule has 0 aliphatic carbocycles. The van der Waals surface area contributed by atoms with Crippen LogP contribution in [-0.4, -0.2) is 24.6 Å². The molecule has 1 fully saturated rings. The Morgan fingerprint density at radius 3 is 2.92 bits per heavy atom. The fraction of sp³-hybridized carbons (Fsp3) is 0.400. The smallest absolute Gasteiger partial charge is 0.226 e. The van der Waals surface area contributed by atoms with Crippen molar-refractivity contribution in [3.8, 4) is 5.75 Å². The number of benzene rings is 1. The molecule has 1 saturated heterocycles. The van der Waals surface area contributed by atoms with Crippen LogP contribution in [0.15, 0.2) is 42.7 Å². The molecule has 132 valence electrons. The van der Waals surface area contributed by atoms with E-state index in [1.807, 2.05) is 44.2 Å². The molecule has 3 rings (SSSR count). The topological polar surface area (TPSA) is 60.5 Å². The summed E-state index contributed by atoms with van der Waals surface area (Å²) >= 11 is 0. The van der Waals surface area contributed by atoms with Crippen LogP contribution in [0.5, 0.6) is 5.75 Å². The highest BCUT2D eigenvalue weighted by Gasteiger charge is 2.35. The molecule has 1 aliphatic heterocycles. The first-order chi connectivity index (χ1) is 12.1. The minimum Gasteiger partial charge on any atom is -0.496 e. The van der Waals surface area contributed by atoms with Crippen LogP contribution in [0, 0.1) is 12.8 Å². The summed E-state index contributed by atoms with van der Waals surface area (Å²) in [4.78, 5) is 16.9. The van der Waals surface area contributed by atoms with Crippen LogP contribution >= 0.6 is 0 Å². The van der Waals surface area contributed by atoms with Crippen LogP contribution in [-0.2, 0) is 9.53 Å². The SMILES string of the molecule is COc1ccc([C@@H](C)NC(=O)[C@H]2CCO[C@@H]2c2cccnc2)cc1C. The number of nitrogens with zero attached hydrogens (tertiary/aromatic N) is 1. The molecule has 25 heavy (non-hydrogen) atoms. The zero-order valence-electron chi connectivity index (χ0n) is 14.9. The van der Waals surface area contributed by atoms with Crippen LogP contribution < -0.4 is 10.1 Å². The Morgan fingerprint density at radius 1 is 1.40 bits per heavy atom. The molecule has 2 heterocycles. The van der Waals surface area contributed by atoms with Crippen molar-refractivity contribution in [2.24, 2.45) is 5.92 Å². The molecule has 1 N–H and O–H groups in total. The van der Waals surface area contributed by atoms with Crippen LogP contribution in [0.2, 0.25) is 0 Å². The maximum atomic E-state index is 12.8. The van der Waals surface area contributed by atoms with Crippen LogP contribution in [0.3, 0.4) is 0 Å². The van der Waals surface area contributed by atoms with Crippen molar-refractivity contribution in [1.29, 1.82) is 0 Å². The number of methoxy groups -OCH3 is 1. The first kappa shape index (κ1) is 17.4. The monoisotopic (exact) mass is 340 g/mol. The lowest BCUT2D eigenvalue weighted by molar-refractivity contribution is -0.127. The summed E-state index contributed by atoms with van der Waals surface area (Å²) in [6.07, 6.45) is 3.99. The maximum absolute atomic E-state index is 12.8. The van der Waals surface area contributed by atoms with E-state index < -0.39 is 0 Å². The number of carbonyl (C=O) groups is 1. The number of carbonyl (C=O) groups excluding carboxylic acids is 1. The lowest BCUT2D eigenvalue weighted by Crippen LogP contribution is -2.34. The van der Waals surface area contributed by atoms with Gasteiger partial charge in [0.05, 0.1) is 25.2 Å². The van der Waals surface area contributed by atoms with Gasteiger partial charge < -0.3 is 14.8 Å². The third-order valence-corrected chi connectivity index (χ3v) is 4.72. The van der Waals surface area contributed by atoms with Crippen molar-refractivity contribution in [2.75, 3.05) is 13.7 Å². The van der Waals surface area contributed by atoms with Gasteiger partial charge in [0.1, 0.15) is 5.75 Å². The Bertz CT molecular complexity index is 733. The average molecular weight is 340 g/mol. The molecule has 1 aromatic heterocycles. The van der Waals surface area contributed by atoms with Crippen molar-refractivity contribution in [3.63, 3.8) is 0 Å². The molecule has 0 saturated carbocycles. The zero-order chi connectivity index (χ0) is 17.8. The highest BCUT2D eigenvalue weighted by Crippen LogP contribution is 2.34. The Labute approximate surface area is 148 Å². The van der Waals surface area contributed by atoms with Crippen molar-refractivity contribution >= 4 is 5.91 Å². The minimum absolute atomic E-state index is 0.0207. The number of nitrogens with one attached hydrogen (secondary N) is 1. The normalized spacial score (nSPS) is 20.9. The third kappa shape index (κ3) is 3.82. The number of aromatic nitrogens is 1. The summed E-state index contributed by atoms with van der Waals surface area (Å²) in [5.41, 5.74) is 3.06. The molecule has 1 aliphatic rings. The van der Waals surface area contributed by atoms with Crippen LogP contribution in [0.1, 0.15) is 42.2 Å². The van der Waals surface area contributed by atoms with E-state index in [1.54, 1.807) is 19.5 Å². The zero-order valence-corrected chi connectivity index (χ0v) is 14.9. The molecule has 1 aromatic carbocycles. The molecule has 0 bridgehead atoms. The Balaban J connectivity index is 1.69. The van der Waals surface area contributed by atoms with Crippen molar-refractivity contribution < 1.29 is 14.3 Å². The van der Waals surface area contributed by atoms with Gasteiger partial charge in [-0.3, -0.25) is 9.78 Å². The molecule has 1 amide bonds. The van der Waals surface area contributed by atoms with Gasteiger partial charge in [0.25, 0.3) is 0 Å². The van der Waals surface area contributed by atoms with Crippen molar-refractivity contribution in [1.82, 2.24) is 10.3 Å². The van der Waals surface area contributed by atoms with E-state index >= 15 is 0 Å². The molecule has 5 nitrogen and oxygen atoms in total. The van der Waals surface area contributed by atoms with E-state index in [0.29, 0.717) is 6.61 Å². The third-order valence-electron chi connectivity index (χ3n) is 4.72. The Morgan fingerprint density at radius 2 is 2.24 bits per heavy atom. The van der Waals surface area contributed by atoms with Crippen LogP contribution in [0.4, 0.5) is 0 Å². The first-order valence-electron chi connectivity index (χ1n) is 8.56. The van der Waals surface area contributed by atoms with E-state index in [9.17, 15) is 4.79 Å². The molecule has 2 aromatic rings. The molecule has 0 unspecified atom stereocenters. The summed E-state index contributed by atoms with van der Waals surface area (Å²) in [7, 11) is 1.66. The predicted molar refractivity (Wildman–Crippen MR) is 95.3 cm³/mol. The highest BCUT2D eigenvalue weighted by atomic mass is 16.5. The van der Waals surface area contributed by atoms with E-state index in [-0.39, 0.29) is 24.0 Å². The molecular formula is C20H24N2O3. The first-order valence-corrected chi connectivity index (χ1v) is 8.56. The summed E-state index contributed by atoms with van der Waals surface area (Å²) in [5.74, 6) is 0.682. The van der Waals surface area contributed by atoms with Gasteiger partial charge in [-0.15, -0.1) is 0 Å². The predicted octanol–water partition coefficient (Wildman–Crippen LogP) is 3.35. The second kappa shape index (κ2) is 7.66.